The molecule has 16 heavy (non-hydrogen) atoms. The number of aryl methyl sites for hydroxylation is 1. The maximum Gasteiger partial charge on any atom is 0.310 e. The molecule has 0 saturated heterocycles. The number of rotatable bonds is 5. The van der Waals surface area contributed by atoms with Crippen molar-refractivity contribution in [2.45, 2.75) is 32.1 Å². The van der Waals surface area contributed by atoms with Gasteiger partial charge in [0.25, 0.3) is 0 Å². The summed E-state index contributed by atoms with van der Waals surface area (Å²) in [6.45, 7) is 1.94. The van der Waals surface area contributed by atoms with Crippen LogP contribution in [0.25, 0.3) is 0 Å². The molecule has 1 N–H and O–H groups in total. The summed E-state index contributed by atoms with van der Waals surface area (Å²) in [7, 11) is 0. The third-order valence-electron chi connectivity index (χ3n) is 2.68. The Morgan fingerprint density at radius 2 is 2.19 bits per heavy atom. The molecule has 0 bridgehead atoms. The molecule has 1 aromatic rings. The van der Waals surface area contributed by atoms with Gasteiger partial charge in [0.05, 0.1) is 5.92 Å². The van der Waals surface area contributed by atoms with Crippen molar-refractivity contribution < 1.29 is 9.90 Å². The number of benzene rings is 1. The van der Waals surface area contributed by atoms with Gasteiger partial charge in [-0.15, -0.1) is 12.3 Å². The Kier molecular flexibility index (Phi) is 4.60. The first-order chi connectivity index (χ1) is 7.66. The second kappa shape index (κ2) is 5.97. The number of terminal acetylenes is 1. The molecule has 0 aliphatic rings. The van der Waals surface area contributed by atoms with Gasteiger partial charge in [0.2, 0.25) is 0 Å². The molecule has 0 saturated carbocycles. The lowest BCUT2D eigenvalue weighted by Crippen LogP contribution is -2.12. The lowest BCUT2D eigenvalue weighted by Gasteiger charge is -2.14. The molecule has 0 heterocycles. The Morgan fingerprint density at radius 3 is 2.75 bits per heavy atom. The Morgan fingerprint density at radius 1 is 1.50 bits per heavy atom. The van der Waals surface area contributed by atoms with Crippen LogP contribution in [-0.4, -0.2) is 11.1 Å². The van der Waals surface area contributed by atoms with Crippen molar-refractivity contribution in [3.63, 3.8) is 0 Å². The molecule has 2 nitrogen and oxygen atoms in total. The number of aliphatic carboxylic acids is 1. The lowest BCUT2D eigenvalue weighted by atomic mass is 9.90. The highest BCUT2D eigenvalue weighted by molar-refractivity contribution is 5.76. The Labute approximate surface area is 96.3 Å². The zero-order valence-corrected chi connectivity index (χ0v) is 9.44. The predicted octanol–water partition coefficient (Wildman–Crippen LogP) is 2.97. The maximum absolute atomic E-state index is 11.2. The third-order valence-corrected chi connectivity index (χ3v) is 2.68. The summed E-state index contributed by atoms with van der Waals surface area (Å²) in [5, 5.41) is 9.20. The minimum Gasteiger partial charge on any atom is -0.481 e. The maximum atomic E-state index is 11.2. The summed E-state index contributed by atoms with van der Waals surface area (Å²) >= 11 is 0. The quantitative estimate of drug-likeness (QED) is 0.607. The molecule has 0 aliphatic carbocycles. The largest absolute Gasteiger partial charge is 0.481 e. The summed E-state index contributed by atoms with van der Waals surface area (Å²) < 4.78 is 0. The normalized spacial score (nSPS) is 11.8. The van der Waals surface area contributed by atoms with Crippen LogP contribution in [0.4, 0.5) is 0 Å². The predicted molar refractivity (Wildman–Crippen MR) is 64.2 cm³/mol. The van der Waals surface area contributed by atoms with Gasteiger partial charge in [-0.05, 0) is 30.9 Å². The highest BCUT2D eigenvalue weighted by Crippen LogP contribution is 2.25. The van der Waals surface area contributed by atoms with Gasteiger partial charge in [-0.2, -0.15) is 0 Å². The zero-order valence-electron chi connectivity index (χ0n) is 9.44. The number of carboxylic acid groups (broad SMARTS) is 1. The number of carbonyl (C=O) groups is 1. The van der Waals surface area contributed by atoms with Crippen molar-refractivity contribution >= 4 is 5.97 Å². The summed E-state index contributed by atoms with van der Waals surface area (Å²) in [6.07, 6.45) is 7.15. The minimum atomic E-state index is -0.772. The van der Waals surface area contributed by atoms with Gasteiger partial charge in [-0.25, -0.2) is 0 Å². The van der Waals surface area contributed by atoms with E-state index in [1.165, 1.54) is 0 Å². The van der Waals surface area contributed by atoms with Gasteiger partial charge in [0.15, 0.2) is 0 Å². The van der Waals surface area contributed by atoms with Gasteiger partial charge >= 0.3 is 5.97 Å². The van der Waals surface area contributed by atoms with E-state index < -0.39 is 11.9 Å². The molecule has 0 spiro atoms. The second-order valence-electron chi connectivity index (χ2n) is 3.84. The first kappa shape index (κ1) is 12.3. The van der Waals surface area contributed by atoms with Crippen LogP contribution in [0.3, 0.4) is 0 Å². The zero-order chi connectivity index (χ0) is 12.0. The van der Waals surface area contributed by atoms with Crippen LogP contribution in [0.15, 0.2) is 24.3 Å². The van der Waals surface area contributed by atoms with E-state index >= 15 is 0 Å². The number of hydrogen-bond donors (Lipinski definition) is 1. The van der Waals surface area contributed by atoms with Gasteiger partial charge in [-0.3, -0.25) is 4.79 Å². The Balaban J connectivity index is 2.83. The average Bonchev–Trinajstić information content (AvgIpc) is 2.25. The van der Waals surface area contributed by atoms with Crippen LogP contribution in [-0.2, 0) is 4.79 Å². The van der Waals surface area contributed by atoms with E-state index in [4.69, 9.17) is 6.42 Å². The van der Waals surface area contributed by atoms with E-state index in [0.29, 0.717) is 12.8 Å². The number of hydrogen-bond acceptors (Lipinski definition) is 1. The molecule has 84 valence electrons. The van der Waals surface area contributed by atoms with E-state index in [-0.39, 0.29) is 0 Å². The fourth-order valence-electron chi connectivity index (χ4n) is 1.80. The standard InChI is InChI=1S/C14H16O2/c1-3-4-5-10-13(14(15)16)12-9-7-6-8-11(12)2/h1,6-9,13H,4-5,10H2,2H3,(H,15,16). The van der Waals surface area contributed by atoms with Crippen LogP contribution in [0.2, 0.25) is 0 Å². The third kappa shape index (κ3) is 3.13. The van der Waals surface area contributed by atoms with Crippen molar-refractivity contribution in [2.75, 3.05) is 0 Å². The second-order valence-corrected chi connectivity index (χ2v) is 3.84. The fourth-order valence-corrected chi connectivity index (χ4v) is 1.80. The van der Waals surface area contributed by atoms with E-state index in [0.717, 1.165) is 17.5 Å². The molecule has 0 amide bonds. The van der Waals surface area contributed by atoms with Crippen LogP contribution < -0.4 is 0 Å². The molecular formula is C14H16O2. The smallest absolute Gasteiger partial charge is 0.310 e. The van der Waals surface area contributed by atoms with E-state index in [1.807, 2.05) is 31.2 Å². The van der Waals surface area contributed by atoms with Gasteiger partial charge in [-0.1, -0.05) is 24.3 Å². The van der Waals surface area contributed by atoms with Crippen molar-refractivity contribution in [1.29, 1.82) is 0 Å². The van der Waals surface area contributed by atoms with Crippen molar-refractivity contribution in [3.05, 3.63) is 35.4 Å². The highest BCUT2D eigenvalue weighted by atomic mass is 16.4. The van der Waals surface area contributed by atoms with Gasteiger partial charge in [0, 0.05) is 6.42 Å². The molecule has 0 fully saturated rings. The van der Waals surface area contributed by atoms with Gasteiger partial charge < -0.3 is 5.11 Å². The molecule has 0 aromatic heterocycles. The number of unbranched alkanes of at least 4 members (excludes halogenated alkanes) is 1. The summed E-state index contributed by atoms with van der Waals surface area (Å²) in [6, 6.07) is 7.61. The fraction of sp³-hybridized carbons (Fsp3) is 0.357. The molecule has 0 radical (unpaired) electrons. The SMILES string of the molecule is C#CCCCC(C(=O)O)c1ccccc1C. The first-order valence-corrected chi connectivity index (χ1v) is 5.38. The summed E-state index contributed by atoms with van der Waals surface area (Å²) in [5.74, 6) is 1.33. The molecular weight excluding hydrogens is 200 g/mol. The Hall–Kier alpha value is -1.75. The molecule has 1 atom stereocenters. The molecule has 2 heteroatoms. The molecule has 1 unspecified atom stereocenters. The molecule has 1 rings (SSSR count). The molecule has 0 aliphatic heterocycles. The lowest BCUT2D eigenvalue weighted by molar-refractivity contribution is -0.139. The van der Waals surface area contributed by atoms with Crippen molar-refractivity contribution in [3.8, 4) is 12.3 Å². The topological polar surface area (TPSA) is 37.3 Å². The van der Waals surface area contributed by atoms with E-state index in [2.05, 4.69) is 5.92 Å². The average molecular weight is 216 g/mol. The Bertz CT molecular complexity index is 401. The summed E-state index contributed by atoms with van der Waals surface area (Å²) in [5.41, 5.74) is 1.92. The van der Waals surface area contributed by atoms with Gasteiger partial charge in [0.1, 0.15) is 0 Å². The van der Waals surface area contributed by atoms with E-state index in [9.17, 15) is 9.90 Å². The summed E-state index contributed by atoms with van der Waals surface area (Å²) in [4.78, 5) is 11.2. The van der Waals surface area contributed by atoms with E-state index in [1.54, 1.807) is 0 Å². The highest BCUT2D eigenvalue weighted by Gasteiger charge is 2.20. The van der Waals surface area contributed by atoms with Crippen LogP contribution >= 0.6 is 0 Å². The minimum absolute atomic E-state index is 0.436. The first-order valence-electron chi connectivity index (χ1n) is 5.38. The molecule has 1 aromatic carbocycles. The van der Waals surface area contributed by atoms with Crippen LogP contribution in [0.5, 0.6) is 0 Å². The van der Waals surface area contributed by atoms with Crippen molar-refractivity contribution in [2.24, 2.45) is 0 Å². The van der Waals surface area contributed by atoms with Crippen LogP contribution in [0.1, 0.15) is 36.3 Å². The van der Waals surface area contributed by atoms with Crippen molar-refractivity contribution in [1.82, 2.24) is 0 Å². The van der Waals surface area contributed by atoms with Crippen LogP contribution in [0, 0.1) is 19.3 Å². The number of carboxylic acids is 1. The monoisotopic (exact) mass is 216 g/mol.